The number of aromatic nitrogens is 2. The van der Waals surface area contributed by atoms with Gasteiger partial charge in [-0.3, -0.25) is 14.3 Å². The lowest BCUT2D eigenvalue weighted by Crippen LogP contribution is -2.37. The number of rotatable bonds is 2. The molecule has 0 bridgehead atoms. The van der Waals surface area contributed by atoms with Crippen molar-refractivity contribution in [3.8, 4) is 0 Å². The van der Waals surface area contributed by atoms with Gasteiger partial charge in [0.25, 0.3) is 0 Å². The standard InChI is InChI=1S/C13H20N4O2/c1-13(2,3)9-6-14-11(18)10(9)12(19)16-8-5-15-17(4)7-8/h5,7,9-10H,6H2,1-4H3,(H,14,18)(H,16,19)/t9-,10+/m1/s1. The Morgan fingerprint density at radius 1 is 1.53 bits per heavy atom. The summed E-state index contributed by atoms with van der Waals surface area (Å²) in [5.74, 6) is -1.10. The van der Waals surface area contributed by atoms with Crippen molar-refractivity contribution in [2.45, 2.75) is 20.8 Å². The van der Waals surface area contributed by atoms with Crippen LogP contribution in [0.1, 0.15) is 20.8 Å². The van der Waals surface area contributed by atoms with Crippen molar-refractivity contribution in [2.75, 3.05) is 11.9 Å². The molecular weight excluding hydrogens is 244 g/mol. The maximum atomic E-state index is 12.3. The molecule has 2 N–H and O–H groups in total. The van der Waals surface area contributed by atoms with E-state index in [-0.39, 0.29) is 23.1 Å². The molecule has 0 aromatic carbocycles. The number of nitrogens with zero attached hydrogens (tertiary/aromatic N) is 2. The quantitative estimate of drug-likeness (QED) is 0.775. The number of aryl methyl sites for hydroxylation is 1. The van der Waals surface area contributed by atoms with Crippen molar-refractivity contribution >= 4 is 17.5 Å². The molecule has 1 aliphatic heterocycles. The predicted molar refractivity (Wildman–Crippen MR) is 71.3 cm³/mol. The lowest BCUT2D eigenvalue weighted by molar-refractivity contribution is -0.132. The Labute approximate surface area is 112 Å². The van der Waals surface area contributed by atoms with E-state index in [2.05, 4.69) is 15.7 Å². The van der Waals surface area contributed by atoms with E-state index in [4.69, 9.17) is 0 Å². The molecule has 1 saturated heterocycles. The number of anilines is 1. The van der Waals surface area contributed by atoms with Crippen LogP contribution in [0.5, 0.6) is 0 Å². The molecule has 1 aromatic rings. The van der Waals surface area contributed by atoms with Gasteiger partial charge in [-0.05, 0) is 5.41 Å². The summed E-state index contributed by atoms with van der Waals surface area (Å²) >= 11 is 0. The number of hydrogen-bond donors (Lipinski definition) is 2. The molecule has 0 radical (unpaired) electrons. The Kier molecular flexibility index (Phi) is 3.34. The topological polar surface area (TPSA) is 76.0 Å². The molecule has 6 nitrogen and oxygen atoms in total. The summed E-state index contributed by atoms with van der Waals surface area (Å²) < 4.78 is 1.60. The molecule has 0 unspecified atom stereocenters. The third-order valence-corrected chi connectivity index (χ3v) is 3.55. The molecule has 6 heteroatoms. The Balaban J connectivity index is 2.14. The molecular formula is C13H20N4O2. The van der Waals surface area contributed by atoms with E-state index in [0.717, 1.165) is 0 Å². The van der Waals surface area contributed by atoms with Crippen LogP contribution in [0.2, 0.25) is 0 Å². The first-order valence-corrected chi connectivity index (χ1v) is 6.36. The summed E-state index contributed by atoms with van der Waals surface area (Å²) in [6, 6.07) is 0. The fourth-order valence-electron chi connectivity index (χ4n) is 2.43. The van der Waals surface area contributed by atoms with Crippen molar-refractivity contribution in [1.82, 2.24) is 15.1 Å². The van der Waals surface area contributed by atoms with Gasteiger partial charge < -0.3 is 10.6 Å². The van der Waals surface area contributed by atoms with Crippen LogP contribution in [-0.2, 0) is 16.6 Å². The van der Waals surface area contributed by atoms with Gasteiger partial charge >= 0.3 is 0 Å². The highest BCUT2D eigenvalue weighted by Crippen LogP contribution is 2.35. The van der Waals surface area contributed by atoms with Crippen molar-refractivity contribution in [2.24, 2.45) is 24.3 Å². The van der Waals surface area contributed by atoms with Gasteiger partial charge in [0.15, 0.2) is 0 Å². The maximum absolute atomic E-state index is 12.3. The molecule has 0 saturated carbocycles. The number of carbonyl (C=O) groups is 2. The molecule has 2 atom stereocenters. The number of nitrogens with one attached hydrogen (secondary N) is 2. The molecule has 1 fully saturated rings. The second kappa shape index (κ2) is 4.68. The molecule has 1 aliphatic rings. The monoisotopic (exact) mass is 264 g/mol. The molecule has 2 heterocycles. The van der Waals surface area contributed by atoms with Gasteiger partial charge in [-0.2, -0.15) is 5.10 Å². The maximum Gasteiger partial charge on any atom is 0.237 e. The van der Waals surface area contributed by atoms with E-state index < -0.39 is 5.92 Å². The minimum atomic E-state index is -0.639. The largest absolute Gasteiger partial charge is 0.355 e. The SMILES string of the molecule is Cn1cc(NC(=O)[C@@H]2C(=O)NC[C@H]2C(C)(C)C)cn1. The van der Waals surface area contributed by atoms with E-state index in [0.29, 0.717) is 12.2 Å². The lowest BCUT2D eigenvalue weighted by atomic mass is 9.74. The van der Waals surface area contributed by atoms with Crippen molar-refractivity contribution < 1.29 is 9.59 Å². The van der Waals surface area contributed by atoms with Crippen molar-refractivity contribution in [3.05, 3.63) is 12.4 Å². The Hall–Kier alpha value is -1.85. The number of amides is 2. The first kappa shape index (κ1) is 13.6. The molecule has 19 heavy (non-hydrogen) atoms. The average Bonchev–Trinajstić information content (AvgIpc) is 2.84. The number of carbonyl (C=O) groups excluding carboxylic acids is 2. The fourth-order valence-corrected chi connectivity index (χ4v) is 2.43. The normalized spacial score (nSPS) is 23.3. The van der Waals surface area contributed by atoms with Crippen molar-refractivity contribution in [3.63, 3.8) is 0 Å². The van der Waals surface area contributed by atoms with Crippen LogP contribution in [0.4, 0.5) is 5.69 Å². The van der Waals surface area contributed by atoms with Gasteiger partial charge in [-0.25, -0.2) is 0 Å². The molecule has 104 valence electrons. The summed E-state index contributed by atoms with van der Waals surface area (Å²) in [5, 5.41) is 9.52. The second-order valence-corrected chi connectivity index (χ2v) is 6.09. The first-order chi connectivity index (χ1) is 8.79. The highest BCUT2D eigenvalue weighted by molar-refractivity contribution is 6.07. The van der Waals surface area contributed by atoms with Crippen molar-refractivity contribution in [1.29, 1.82) is 0 Å². The summed E-state index contributed by atoms with van der Waals surface area (Å²) in [7, 11) is 1.77. The van der Waals surface area contributed by atoms with E-state index in [1.165, 1.54) is 0 Å². The molecule has 0 aliphatic carbocycles. The summed E-state index contributed by atoms with van der Waals surface area (Å²) in [6.07, 6.45) is 3.27. The van der Waals surface area contributed by atoms with Gasteiger partial charge in [0.2, 0.25) is 11.8 Å². The fraction of sp³-hybridized carbons (Fsp3) is 0.615. The second-order valence-electron chi connectivity index (χ2n) is 6.09. The molecule has 2 rings (SSSR count). The highest BCUT2D eigenvalue weighted by Gasteiger charge is 2.45. The third kappa shape index (κ3) is 2.77. The van der Waals surface area contributed by atoms with E-state index >= 15 is 0 Å². The van der Waals surface area contributed by atoms with Gasteiger partial charge in [0.05, 0.1) is 11.9 Å². The van der Waals surface area contributed by atoms with Gasteiger partial charge in [0, 0.05) is 25.7 Å². The molecule has 1 aromatic heterocycles. The van der Waals surface area contributed by atoms with Crippen LogP contribution in [-0.4, -0.2) is 28.1 Å². The van der Waals surface area contributed by atoms with Crippen LogP contribution in [0.25, 0.3) is 0 Å². The highest BCUT2D eigenvalue weighted by atomic mass is 16.2. The zero-order chi connectivity index (χ0) is 14.2. The minimum absolute atomic E-state index is 0.00308. The zero-order valence-electron chi connectivity index (χ0n) is 11.7. The summed E-state index contributed by atoms with van der Waals surface area (Å²) in [6.45, 7) is 6.68. The summed E-state index contributed by atoms with van der Waals surface area (Å²) in [5.41, 5.74) is 0.510. The molecule has 0 spiro atoms. The third-order valence-electron chi connectivity index (χ3n) is 3.55. The Morgan fingerprint density at radius 2 is 2.21 bits per heavy atom. The van der Waals surface area contributed by atoms with E-state index in [9.17, 15) is 9.59 Å². The predicted octanol–water partition coefficient (Wildman–Crippen LogP) is 0.767. The van der Waals surface area contributed by atoms with Gasteiger partial charge in [0.1, 0.15) is 5.92 Å². The van der Waals surface area contributed by atoms with Gasteiger partial charge in [-0.15, -0.1) is 0 Å². The Bertz CT molecular complexity index is 501. The van der Waals surface area contributed by atoms with Crippen LogP contribution in [0.3, 0.4) is 0 Å². The van der Waals surface area contributed by atoms with Crippen LogP contribution < -0.4 is 10.6 Å². The Morgan fingerprint density at radius 3 is 2.74 bits per heavy atom. The molecule has 2 amide bonds. The van der Waals surface area contributed by atoms with Crippen LogP contribution >= 0.6 is 0 Å². The van der Waals surface area contributed by atoms with E-state index in [1.807, 2.05) is 20.8 Å². The number of hydrogen-bond acceptors (Lipinski definition) is 3. The van der Waals surface area contributed by atoms with Gasteiger partial charge in [-0.1, -0.05) is 20.8 Å². The smallest absolute Gasteiger partial charge is 0.237 e. The van der Waals surface area contributed by atoms with Crippen LogP contribution in [0, 0.1) is 17.3 Å². The zero-order valence-corrected chi connectivity index (χ0v) is 11.7. The lowest BCUT2D eigenvalue weighted by Gasteiger charge is -2.29. The summed E-state index contributed by atoms with van der Waals surface area (Å²) in [4.78, 5) is 24.2. The average molecular weight is 264 g/mol. The minimum Gasteiger partial charge on any atom is -0.355 e. The van der Waals surface area contributed by atoms with E-state index in [1.54, 1.807) is 24.1 Å². The van der Waals surface area contributed by atoms with Crippen LogP contribution in [0.15, 0.2) is 12.4 Å². The first-order valence-electron chi connectivity index (χ1n) is 6.36.